The number of unbranched alkanes of at least 4 members (excludes halogenated alkanes) is 1. The Labute approximate surface area is 147 Å². The number of fused-ring (bicyclic) bond motifs is 3. The maximum atomic E-state index is 12.9. The second-order valence-electron chi connectivity index (χ2n) is 6.92. The molecule has 1 aliphatic rings. The summed E-state index contributed by atoms with van der Waals surface area (Å²) >= 11 is 0. The van der Waals surface area contributed by atoms with Crippen molar-refractivity contribution >= 4 is 16.7 Å². The van der Waals surface area contributed by atoms with E-state index in [4.69, 9.17) is 0 Å². The molecule has 1 aromatic carbocycles. The van der Waals surface area contributed by atoms with E-state index in [1.807, 2.05) is 24.3 Å². The number of likely N-dealkylation sites (tertiary alicyclic amines) is 1. The van der Waals surface area contributed by atoms with Crippen LogP contribution in [-0.4, -0.2) is 37.2 Å². The van der Waals surface area contributed by atoms with Gasteiger partial charge in [0.2, 0.25) is 5.78 Å². The monoisotopic (exact) mass is 339 g/mol. The van der Waals surface area contributed by atoms with Gasteiger partial charge in [0.05, 0.1) is 17.4 Å². The summed E-state index contributed by atoms with van der Waals surface area (Å²) in [6.45, 7) is 5.84. The first kappa shape index (κ1) is 16.3. The number of benzene rings is 1. The van der Waals surface area contributed by atoms with Gasteiger partial charge >= 0.3 is 0 Å². The summed E-state index contributed by atoms with van der Waals surface area (Å²) < 4.78 is 3.87. The summed E-state index contributed by atoms with van der Waals surface area (Å²) in [5, 5.41) is 9.60. The van der Waals surface area contributed by atoms with E-state index in [1.165, 1.54) is 19.3 Å². The molecule has 0 amide bonds. The molecule has 0 aliphatic carbocycles. The summed E-state index contributed by atoms with van der Waals surface area (Å²) in [6.07, 6.45) is 5.82. The van der Waals surface area contributed by atoms with Crippen molar-refractivity contribution in [3.05, 3.63) is 40.4 Å². The van der Waals surface area contributed by atoms with E-state index >= 15 is 0 Å². The van der Waals surface area contributed by atoms with Crippen LogP contribution in [0.1, 0.15) is 44.9 Å². The fourth-order valence-corrected chi connectivity index (χ4v) is 3.75. The van der Waals surface area contributed by atoms with Crippen molar-refractivity contribution in [2.75, 3.05) is 13.1 Å². The Morgan fingerprint density at radius 1 is 1.08 bits per heavy atom. The van der Waals surface area contributed by atoms with E-state index in [0.29, 0.717) is 12.3 Å². The molecule has 0 atom stereocenters. The predicted molar refractivity (Wildman–Crippen MR) is 98.8 cm³/mol. The van der Waals surface area contributed by atoms with Crippen LogP contribution in [0.3, 0.4) is 0 Å². The first-order valence-electron chi connectivity index (χ1n) is 9.37. The third-order valence-corrected chi connectivity index (χ3v) is 5.12. The maximum absolute atomic E-state index is 12.9. The highest BCUT2D eigenvalue weighted by Gasteiger charge is 2.19. The number of piperidine rings is 1. The molecule has 0 radical (unpaired) electrons. The third kappa shape index (κ3) is 2.95. The summed E-state index contributed by atoms with van der Waals surface area (Å²) in [5.74, 6) is 1.60. The summed E-state index contributed by atoms with van der Waals surface area (Å²) in [4.78, 5) is 15.4. The second-order valence-corrected chi connectivity index (χ2v) is 6.92. The highest BCUT2D eigenvalue weighted by atomic mass is 16.1. The summed E-state index contributed by atoms with van der Waals surface area (Å²) in [6, 6.07) is 7.80. The molecule has 6 nitrogen and oxygen atoms in total. The smallest absolute Gasteiger partial charge is 0.262 e. The molecule has 3 aromatic rings. The van der Waals surface area contributed by atoms with Gasteiger partial charge in [0.15, 0.2) is 5.82 Å². The molecule has 0 saturated carbocycles. The fraction of sp³-hybridized carbons (Fsp3) is 0.526. The van der Waals surface area contributed by atoms with Crippen molar-refractivity contribution in [3.63, 3.8) is 0 Å². The largest absolute Gasteiger partial charge is 0.296 e. The van der Waals surface area contributed by atoms with Crippen LogP contribution in [0.4, 0.5) is 0 Å². The van der Waals surface area contributed by atoms with Crippen LogP contribution >= 0.6 is 0 Å². The van der Waals surface area contributed by atoms with Crippen LogP contribution in [0.25, 0.3) is 16.7 Å². The summed E-state index contributed by atoms with van der Waals surface area (Å²) in [5.41, 5.74) is 0.945. The summed E-state index contributed by atoms with van der Waals surface area (Å²) in [7, 11) is 0. The van der Waals surface area contributed by atoms with Gasteiger partial charge in [-0.2, -0.15) is 0 Å². The van der Waals surface area contributed by atoms with Crippen LogP contribution in [-0.2, 0) is 13.1 Å². The van der Waals surface area contributed by atoms with Gasteiger partial charge in [0.25, 0.3) is 5.56 Å². The van der Waals surface area contributed by atoms with Crippen LogP contribution in [0.2, 0.25) is 0 Å². The molecule has 1 saturated heterocycles. The highest BCUT2D eigenvalue weighted by molar-refractivity contribution is 5.80. The SMILES string of the molecule is CCCCn1c(=O)c2ccccc2n2c(CN3CCCCC3)nnc12. The van der Waals surface area contributed by atoms with E-state index in [1.54, 1.807) is 4.57 Å². The lowest BCUT2D eigenvalue weighted by Gasteiger charge is -2.25. The van der Waals surface area contributed by atoms with E-state index in [2.05, 4.69) is 26.4 Å². The lowest BCUT2D eigenvalue weighted by molar-refractivity contribution is 0.215. The van der Waals surface area contributed by atoms with E-state index in [9.17, 15) is 4.79 Å². The minimum absolute atomic E-state index is 0.0356. The van der Waals surface area contributed by atoms with Gasteiger partial charge in [-0.05, 0) is 44.5 Å². The van der Waals surface area contributed by atoms with E-state index < -0.39 is 0 Å². The number of nitrogens with zero attached hydrogens (tertiary/aromatic N) is 5. The molecule has 0 unspecified atom stereocenters. The molecule has 6 heteroatoms. The Kier molecular flexibility index (Phi) is 4.53. The standard InChI is InChI=1S/C19H25N5O/c1-2-3-13-23-18(25)15-9-5-6-10-16(15)24-17(20-21-19(23)24)14-22-11-7-4-8-12-22/h5-6,9-10H,2-4,7-8,11-14H2,1H3. The molecule has 0 spiro atoms. The maximum Gasteiger partial charge on any atom is 0.262 e. The minimum Gasteiger partial charge on any atom is -0.296 e. The van der Waals surface area contributed by atoms with Crippen molar-refractivity contribution in [2.45, 2.75) is 52.1 Å². The predicted octanol–water partition coefficient (Wildman–Crippen LogP) is 2.83. The lowest BCUT2D eigenvalue weighted by Crippen LogP contribution is -2.30. The Morgan fingerprint density at radius 2 is 1.88 bits per heavy atom. The Hall–Kier alpha value is -2.21. The van der Waals surface area contributed by atoms with E-state index in [-0.39, 0.29) is 5.56 Å². The number of hydrogen-bond donors (Lipinski definition) is 0. The molecule has 0 N–H and O–H groups in total. The number of rotatable bonds is 5. The van der Waals surface area contributed by atoms with Crippen LogP contribution in [0.5, 0.6) is 0 Å². The van der Waals surface area contributed by atoms with Crippen LogP contribution in [0.15, 0.2) is 29.1 Å². The van der Waals surface area contributed by atoms with Crippen molar-refractivity contribution in [1.82, 2.24) is 24.1 Å². The van der Waals surface area contributed by atoms with Gasteiger partial charge < -0.3 is 0 Å². The lowest BCUT2D eigenvalue weighted by atomic mass is 10.1. The van der Waals surface area contributed by atoms with Crippen molar-refractivity contribution in [2.24, 2.45) is 0 Å². The van der Waals surface area contributed by atoms with Gasteiger partial charge in [-0.15, -0.1) is 10.2 Å². The number of hydrogen-bond acceptors (Lipinski definition) is 4. The Bertz CT molecular complexity index is 936. The zero-order chi connectivity index (χ0) is 17.2. The van der Waals surface area contributed by atoms with Gasteiger partial charge in [-0.25, -0.2) is 0 Å². The second kappa shape index (κ2) is 6.96. The van der Waals surface area contributed by atoms with Gasteiger partial charge in [0.1, 0.15) is 0 Å². The van der Waals surface area contributed by atoms with Crippen molar-refractivity contribution < 1.29 is 0 Å². The molecule has 1 fully saturated rings. The average molecular weight is 339 g/mol. The van der Waals surface area contributed by atoms with Crippen LogP contribution in [0, 0.1) is 0 Å². The first-order valence-corrected chi connectivity index (χ1v) is 9.37. The third-order valence-electron chi connectivity index (χ3n) is 5.12. The Balaban J connectivity index is 1.88. The topological polar surface area (TPSA) is 55.4 Å². The van der Waals surface area contributed by atoms with Crippen molar-refractivity contribution in [1.29, 1.82) is 0 Å². The van der Waals surface area contributed by atoms with Gasteiger partial charge in [0, 0.05) is 6.54 Å². The normalized spacial score (nSPS) is 16.0. The van der Waals surface area contributed by atoms with E-state index in [0.717, 1.165) is 49.2 Å². The molecule has 0 bridgehead atoms. The first-order chi connectivity index (χ1) is 12.3. The van der Waals surface area contributed by atoms with Crippen LogP contribution < -0.4 is 5.56 Å². The van der Waals surface area contributed by atoms with Gasteiger partial charge in [-0.1, -0.05) is 31.9 Å². The average Bonchev–Trinajstić information content (AvgIpc) is 3.06. The Morgan fingerprint density at radius 3 is 2.68 bits per heavy atom. The fourth-order valence-electron chi connectivity index (χ4n) is 3.75. The molecule has 3 heterocycles. The number of para-hydroxylation sites is 1. The molecule has 2 aromatic heterocycles. The molecule has 132 valence electrons. The number of aromatic nitrogens is 4. The highest BCUT2D eigenvalue weighted by Crippen LogP contribution is 2.17. The molecule has 1 aliphatic heterocycles. The zero-order valence-electron chi connectivity index (χ0n) is 14.8. The number of aryl methyl sites for hydroxylation is 1. The zero-order valence-corrected chi connectivity index (χ0v) is 14.8. The molecular weight excluding hydrogens is 314 g/mol. The van der Waals surface area contributed by atoms with Gasteiger partial charge in [-0.3, -0.25) is 18.7 Å². The molecule has 4 rings (SSSR count). The van der Waals surface area contributed by atoms with Crippen molar-refractivity contribution in [3.8, 4) is 0 Å². The molecular formula is C19H25N5O. The minimum atomic E-state index is 0.0356. The quantitative estimate of drug-likeness (QED) is 0.717. The molecule has 25 heavy (non-hydrogen) atoms.